The van der Waals surface area contributed by atoms with Gasteiger partial charge in [-0.1, -0.05) is 12.1 Å². The van der Waals surface area contributed by atoms with Crippen LogP contribution >= 0.6 is 0 Å². The molecule has 2 aromatic carbocycles. The summed E-state index contributed by atoms with van der Waals surface area (Å²) in [7, 11) is 0. The number of nitrogens with zero attached hydrogens (tertiary/aromatic N) is 2. The van der Waals surface area contributed by atoms with Gasteiger partial charge in [0, 0.05) is 48.5 Å². The van der Waals surface area contributed by atoms with Crippen molar-refractivity contribution in [2.45, 2.75) is 19.0 Å². The van der Waals surface area contributed by atoms with E-state index in [2.05, 4.69) is 10.2 Å². The molecule has 0 spiro atoms. The van der Waals surface area contributed by atoms with E-state index in [-0.39, 0.29) is 5.56 Å². The number of hydrogen-bond donors (Lipinski definition) is 2. The summed E-state index contributed by atoms with van der Waals surface area (Å²) in [6.07, 6.45) is 0.813. The monoisotopic (exact) mass is 454 g/mol. The molecule has 0 saturated carbocycles. The van der Waals surface area contributed by atoms with Gasteiger partial charge in [0.1, 0.15) is 0 Å². The number of hydrogen-bond acceptors (Lipinski definition) is 4. The molecule has 4 rings (SSSR count). The SMILES string of the molecule is N=Cc1cc(-n2ccc(-c3cccc(C(F)(F)F)c3)cc2=O)ccc1NCCN1CCCC1. The van der Waals surface area contributed by atoms with Crippen LogP contribution in [0.5, 0.6) is 0 Å². The maximum absolute atomic E-state index is 13.0. The second kappa shape index (κ2) is 9.62. The highest BCUT2D eigenvalue weighted by molar-refractivity contribution is 5.86. The number of aromatic nitrogens is 1. The molecule has 1 saturated heterocycles. The molecule has 172 valence electrons. The molecule has 0 radical (unpaired) electrons. The Labute approximate surface area is 190 Å². The molecule has 2 N–H and O–H groups in total. The van der Waals surface area contributed by atoms with Crippen LogP contribution in [-0.2, 0) is 6.18 Å². The van der Waals surface area contributed by atoms with Crippen LogP contribution in [0.1, 0.15) is 24.0 Å². The molecule has 0 atom stereocenters. The van der Waals surface area contributed by atoms with Crippen molar-refractivity contribution in [2.24, 2.45) is 0 Å². The van der Waals surface area contributed by atoms with Crippen LogP contribution in [-0.4, -0.2) is 41.9 Å². The van der Waals surface area contributed by atoms with Crippen LogP contribution in [0.3, 0.4) is 0 Å². The fourth-order valence-corrected chi connectivity index (χ4v) is 4.08. The maximum atomic E-state index is 13.0. The number of anilines is 1. The van der Waals surface area contributed by atoms with E-state index >= 15 is 0 Å². The third-order valence-electron chi connectivity index (χ3n) is 5.85. The van der Waals surface area contributed by atoms with Gasteiger partial charge in [0.15, 0.2) is 0 Å². The normalized spacial score (nSPS) is 14.4. The Kier molecular flexibility index (Phi) is 6.65. The molecular weight excluding hydrogens is 429 g/mol. The van der Waals surface area contributed by atoms with Crippen LogP contribution in [0.2, 0.25) is 0 Å². The Morgan fingerprint density at radius 3 is 2.45 bits per heavy atom. The number of rotatable bonds is 7. The van der Waals surface area contributed by atoms with E-state index in [4.69, 9.17) is 5.41 Å². The Morgan fingerprint density at radius 2 is 1.76 bits per heavy atom. The van der Waals surface area contributed by atoms with Crippen LogP contribution < -0.4 is 10.9 Å². The van der Waals surface area contributed by atoms with Gasteiger partial charge in [0.2, 0.25) is 0 Å². The van der Waals surface area contributed by atoms with Crippen molar-refractivity contribution in [3.63, 3.8) is 0 Å². The summed E-state index contributed by atoms with van der Waals surface area (Å²) in [4.78, 5) is 15.2. The number of nitrogens with one attached hydrogen (secondary N) is 2. The van der Waals surface area contributed by atoms with Gasteiger partial charge in [0.25, 0.3) is 5.56 Å². The number of likely N-dealkylation sites (tertiary alicyclic amines) is 1. The van der Waals surface area contributed by atoms with Gasteiger partial charge in [-0.2, -0.15) is 13.2 Å². The molecule has 0 unspecified atom stereocenters. The first kappa shape index (κ1) is 22.8. The zero-order chi connectivity index (χ0) is 23.4. The second-order valence-electron chi connectivity index (χ2n) is 8.09. The molecule has 5 nitrogen and oxygen atoms in total. The van der Waals surface area contributed by atoms with E-state index in [9.17, 15) is 18.0 Å². The van der Waals surface area contributed by atoms with E-state index in [1.807, 2.05) is 6.07 Å². The van der Waals surface area contributed by atoms with E-state index in [1.165, 1.54) is 35.8 Å². The Morgan fingerprint density at radius 1 is 1.00 bits per heavy atom. The standard InChI is InChI=1S/C25H25F3N4O/c26-25(27,28)21-5-3-4-18(14-21)19-8-12-32(24(33)16-19)22-6-7-23(20(15-22)17-29)30-9-13-31-10-1-2-11-31/h3-8,12,14-17,29-30H,1-2,9-11,13H2. The lowest BCUT2D eigenvalue weighted by Crippen LogP contribution is -2.26. The number of pyridine rings is 1. The predicted molar refractivity (Wildman–Crippen MR) is 125 cm³/mol. The average Bonchev–Trinajstić information content (AvgIpc) is 3.32. The van der Waals surface area contributed by atoms with Crippen molar-refractivity contribution >= 4 is 11.9 Å². The maximum Gasteiger partial charge on any atom is 0.416 e. The number of alkyl halides is 3. The van der Waals surface area contributed by atoms with Crippen molar-refractivity contribution in [3.8, 4) is 16.8 Å². The van der Waals surface area contributed by atoms with E-state index < -0.39 is 11.7 Å². The minimum atomic E-state index is -4.45. The lowest BCUT2D eigenvalue weighted by Gasteiger charge is -2.17. The Hall–Kier alpha value is -3.39. The summed E-state index contributed by atoms with van der Waals surface area (Å²) in [6.45, 7) is 3.95. The van der Waals surface area contributed by atoms with Gasteiger partial charge >= 0.3 is 6.18 Å². The highest BCUT2D eigenvalue weighted by Gasteiger charge is 2.30. The summed E-state index contributed by atoms with van der Waals surface area (Å²) in [5.41, 5.74) is 1.67. The minimum absolute atomic E-state index is 0.326. The first-order valence-corrected chi connectivity index (χ1v) is 10.9. The first-order valence-electron chi connectivity index (χ1n) is 10.9. The van der Waals surface area contributed by atoms with Gasteiger partial charge < -0.3 is 15.6 Å². The zero-order valence-corrected chi connectivity index (χ0v) is 18.0. The number of benzene rings is 2. The molecule has 8 heteroatoms. The molecule has 2 heterocycles. The zero-order valence-electron chi connectivity index (χ0n) is 18.0. The highest BCUT2D eigenvalue weighted by atomic mass is 19.4. The molecule has 1 fully saturated rings. The van der Waals surface area contributed by atoms with Gasteiger partial charge in [-0.25, -0.2) is 0 Å². The molecule has 0 aliphatic carbocycles. The van der Waals surface area contributed by atoms with E-state index in [0.29, 0.717) is 22.4 Å². The van der Waals surface area contributed by atoms with E-state index in [0.717, 1.165) is 44.0 Å². The minimum Gasteiger partial charge on any atom is -0.383 e. The fraction of sp³-hybridized carbons (Fsp3) is 0.280. The van der Waals surface area contributed by atoms with Crippen LogP contribution in [0.4, 0.5) is 18.9 Å². The van der Waals surface area contributed by atoms with Crippen LogP contribution in [0, 0.1) is 5.41 Å². The molecule has 0 bridgehead atoms. The smallest absolute Gasteiger partial charge is 0.383 e. The number of halogens is 3. The lowest BCUT2D eigenvalue weighted by molar-refractivity contribution is -0.137. The molecule has 33 heavy (non-hydrogen) atoms. The second-order valence-corrected chi connectivity index (χ2v) is 8.09. The lowest BCUT2D eigenvalue weighted by atomic mass is 10.0. The average molecular weight is 454 g/mol. The topological polar surface area (TPSA) is 61.1 Å². The summed E-state index contributed by atoms with van der Waals surface area (Å²) < 4.78 is 40.5. The van der Waals surface area contributed by atoms with Crippen molar-refractivity contribution in [1.82, 2.24) is 9.47 Å². The largest absolute Gasteiger partial charge is 0.416 e. The van der Waals surface area contributed by atoms with Crippen molar-refractivity contribution < 1.29 is 13.2 Å². The van der Waals surface area contributed by atoms with Gasteiger partial charge in [-0.05, 0) is 73.5 Å². The third-order valence-corrected chi connectivity index (χ3v) is 5.85. The quantitative estimate of drug-likeness (QED) is 0.493. The molecule has 1 aromatic heterocycles. The fourth-order valence-electron chi connectivity index (χ4n) is 4.08. The summed E-state index contributed by atoms with van der Waals surface area (Å²) >= 11 is 0. The van der Waals surface area contributed by atoms with Gasteiger partial charge in [0.05, 0.1) is 5.56 Å². The highest BCUT2D eigenvalue weighted by Crippen LogP contribution is 2.32. The molecule has 1 aliphatic rings. The van der Waals surface area contributed by atoms with Crippen LogP contribution in [0.25, 0.3) is 16.8 Å². The van der Waals surface area contributed by atoms with Crippen molar-refractivity contribution in [2.75, 3.05) is 31.5 Å². The summed E-state index contributed by atoms with van der Waals surface area (Å²) in [6, 6.07) is 13.2. The Balaban J connectivity index is 1.54. The van der Waals surface area contributed by atoms with E-state index in [1.54, 1.807) is 30.5 Å². The van der Waals surface area contributed by atoms with Gasteiger partial charge in [-0.3, -0.25) is 9.36 Å². The molecule has 1 aliphatic heterocycles. The molecular formula is C25H25F3N4O. The third kappa shape index (κ3) is 5.34. The summed E-state index contributed by atoms with van der Waals surface area (Å²) in [5, 5.41) is 11.1. The van der Waals surface area contributed by atoms with Crippen LogP contribution in [0.15, 0.2) is 65.6 Å². The molecule has 0 amide bonds. The van der Waals surface area contributed by atoms with Crippen molar-refractivity contribution in [3.05, 3.63) is 82.3 Å². The van der Waals surface area contributed by atoms with Gasteiger partial charge in [-0.15, -0.1) is 0 Å². The van der Waals surface area contributed by atoms with Crippen molar-refractivity contribution in [1.29, 1.82) is 5.41 Å². The Bertz CT molecular complexity index is 1200. The predicted octanol–water partition coefficient (Wildman–Crippen LogP) is 5.03. The summed E-state index contributed by atoms with van der Waals surface area (Å²) in [5.74, 6) is 0. The molecule has 3 aromatic rings. The first-order chi connectivity index (χ1) is 15.8.